The molecule has 10 heteroatoms. The molecule has 1 fully saturated rings. The highest BCUT2D eigenvalue weighted by atomic mass is 35.5. The van der Waals surface area contributed by atoms with Crippen molar-refractivity contribution < 1.29 is 15.2 Å². The third-order valence-electron chi connectivity index (χ3n) is 5.33. The second-order valence-corrected chi connectivity index (χ2v) is 7.75. The van der Waals surface area contributed by atoms with Crippen LogP contribution in [0.3, 0.4) is 0 Å². The van der Waals surface area contributed by atoms with E-state index in [1.807, 2.05) is 42.5 Å². The number of benzene rings is 2. The first-order valence-electron chi connectivity index (χ1n) is 9.91. The molecular formula is C21H23ClN6O3. The number of hydrogen-bond donors (Lipinski definition) is 2. The van der Waals surface area contributed by atoms with E-state index < -0.39 is 0 Å². The summed E-state index contributed by atoms with van der Waals surface area (Å²) < 4.78 is 1.28. The zero-order chi connectivity index (χ0) is 21.8. The van der Waals surface area contributed by atoms with E-state index >= 15 is 0 Å². The van der Waals surface area contributed by atoms with Crippen LogP contribution in [-0.2, 0) is 11.3 Å². The molecule has 0 spiro atoms. The molecule has 1 amide bonds. The molecule has 2 heterocycles. The summed E-state index contributed by atoms with van der Waals surface area (Å²) in [5.74, 6) is -0.382. The molecule has 31 heavy (non-hydrogen) atoms. The summed E-state index contributed by atoms with van der Waals surface area (Å²) in [6.45, 7) is 2.60. The summed E-state index contributed by atoms with van der Waals surface area (Å²) in [6, 6.07) is 18.3. The van der Waals surface area contributed by atoms with Gasteiger partial charge in [0, 0.05) is 31.2 Å². The highest BCUT2D eigenvalue weighted by molar-refractivity contribution is 6.30. The minimum absolute atomic E-state index is 0.0138. The van der Waals surface area contributed by atoms with Gasteiger partial charge < -0.3 is 4.90 Å². The number of piperazine rings is 1. The van der Waals surface area contributed by atoms with Gasteiger partial charge in [-0.1, -0.05) is 59.3 Å². The molecular weight excluding hydrogens is 420 g/mol. The lowest BCUT2D eigenvalue weighted by molar-refractivity contribution is -0.134. The van der Waals surface area contributed by atoms with Crippen LogP contribution < -0.4 is 5.23 Å². The quantitative estimate of drug-likeness (QED) is 0.566. The predicted octanol–water partition coefficient (Wildman–Crippen LogP) is 2.45. The van der Waals surface area contributed by atoms with Gasteiger partial charge in [0.25, 0.3) is 5.95 Å². The molecule has 0 aliphatic carbocycles. The van der Waals surface area contributed by atoms with Gasteiger partial charge in [0.05, 0.1) is 6.04 Å². The molecule has 1 saturated heterocycles. The zero-order valence-corrected chi connectivity index (χ0v) is 17.5. The van der Waals surface area contributed by atoms with Gasteiger partial charge in [-0.2, -0.15) is 4.98 Å². The van der Waals surface area contributed by atoms with Gasteiger partial charge in [0.2, 0.25) is 5.91 Å². The second kappa shape index (κ2) is 9.44. The number of hydrogen-bond acceptors (Lipinski definition) is 7. The molecule has 0 radical (unpaired) electrons. The van der Waals surface area contributed by atoms with E-state index in [1.165, 1.54) is 16.6 Å². The molecule has 0 bridgehead atoms. The van der Waals surface area contributed by atoms with Crippen molar-refractivity contribution in [3.05, 3.63) is 77.1 Å². The fourth-order valence-electron chi connectivity index (χ4n) is 3.82. The first-order valence-corrected chi connectivity index (χ1v) is 10.3. The van der Waals surface area contributed by atoms with Crippen LogP contribution in [0.2, 0.25) is 5.02 Å². The molecule has 3 aromatic rings. The van der Waals surface area contributed by atoms with Crippen LogP contribution in [-0.4, -0.2) is 67.1 Å². The van der Waals surface area contributed by atoms with Crippen LogP contribution in [0.1, 0.15) is 17.2 Å². The first-order chi connectivity index (χ1) is 15.0. The van der Waals surface area contributed by atoms with Gasteiger partial charge >= 0.3 is 0 Å². The summed E-state index contributed by atoms with van der Waals surface area (Å²) in [5.41, 5.74) is 2.35. The average molecular weight is 443 g/mol. The molecule has 0 saturated carbocycles. The molecule has 9 nitrogen and oxygen atoms in total. The van der Waals surface area contributed by atoms with Gasteiger partial charge in [-0.15, -0.1) is 5.10 Å². The maximum atomic E-state index is 12.7. The molecule has 2 aromatic carbocycles. The number of halogens is 1. The van der Waals surface area contributed by atoms with E-state index in [0.717, 1.165) is 18.7 Å². The summed E-state index contributed by atoms with van der Waals surface area (Å²) >= 11 is 6.09. The van der Waals surface area contributed by atoms with Crippen molar-refractivity contribution in [1.82, 2.24) is 24.6 Å². The standard InChI is InChI=1S/C21H23ClN6O3/c22-18-8-6-17(7-9-18)20(16-4-2-1-3-5-16)26-12-10-25(11-13-26)19(29)14-27-15-23-21(24-27)28(30)31/h1-9,15,20,30-31H,10-14H2. The van der Waals surface area contributed by atoms with Crippen LogP contribution in [0, 0.1) is 0 Å². The lowest BCUT2D eigenvalue weighted by atomic mass is 9.96. The fourth-order valence-corrected chi connectivity index (χ4v) is 3.94. The molecule has 162 valence electrons. The van der Waals surface area contributed by atoms with Crippen molar-refractivity contribution in [1.29, 1.82) is 0 Å². The minimum atomic E-state index is -0.286. The number of rotatable bonds is 6. The first kappa shape index (κ1) is 21.3. The van der Waals surface area contributed by atoms with E-state index in [9.17, 15) is 4.79 Å². The van der Waals surface area contributed by atoms with Crippen LogP contribution in [0.15, 0.2) is 60.9 Å². The van der Waals surface area contributed by atoms with E-state index in [0.29, 0.717) is 18.1 Å². The number of aromatic nitrogens is 3. The Labute approximate surface area is 184 Å². The van der Waals surface area contributed by atoms with Crippen LogP contribution >= 0.6 is 11.6 Å². The third kappa shape index (κ3) is 5.02. The van der Waals surface area contributed by atoms with Crippen LogP contribution in [0.5, 0.6) is 0 Å². The Kier molecular flexibility index (Phi) is 6.47. The summed E-state index contributed by atoms with van der Waals surface area (Å²) in [5, 5.41) is 22.3. The topological polar surface area (TPSA) is 98.0 Å². The van der Waals surface area contributed by atoms with Crippen molar-refractivity contribution in [2.75, 3.05) is 31.4 Å². The highest BCUT2D eigenvalue weighted by Gasteiger charge is 2.28. The molecule has 1 atom stereocenters. The lowest BCUT2D eigenvalue weighted by Crippen LogP contribution is -2.50. The summed E-state index contributed by atoms with van der Waals surface area (Å²) in [4.78, 5) is 20.5. The summed E-state index contributed by atoms with van der Waals surface area (Å²) in [6.07, 6.45) is 1.29. The van der Waals surface area contributed by atoms with Gasteiger partial charge in [0.1, 0.15) is 12.9 Å². The maximum Gasteiger partial charge on any atom is 0.295 e. The Bertz CT molecular complexity index is 1000. The number of carbonyl (C=O) groups is 1. The average Bonchev–Trinajstić information content (AvgIpc) is 3.25. The second-order valence-electron chi connectivity index (χ2n) is 7.31. The number of anilines is 1. The largest absolute Gasteiger partial charge is 0.339 e. The maximum absolute atomic E-state index is 12.7. The van der Waals surface area contributed by atoms with E-state index in [-0.39, 0.29) is 29.7 Å². The van der Waals surface area contributed by atoms with Gasteiger partial charge in [-0.25, -0.2) is 4.68 Å². The van der Waals surface area contributed by atoms with Crippen molar-refractivity contribution in [3.8, 4) is 0 Å². The third-order valence-corrected chi connectivity index (χ3v) is 5.59. The molecule has 2 N–H and O–H groups in total. The number of amides is 1. The van der Waals surface area contributed by atoms with Crippen LogP contribution in [0.4, 0.5) is 5.95 Å². The zero-order valence-electron chi connectivity index (χ0n) is 16.8. The fraction of sp³-hybridized carbons (Fsp3) is 0.286. The molecule has 1 aliphatic heterocycles. The Morgan fingerprint density at radius 1 is 1.00 bits per heavy atom. The SMILES string of the molecule is O=C(Cn1cnc(N(O)O)n1)N1CCN(C(c2ccccc2)c2ccc(Cl)cc2)CC1. The van der Waals surface area contributed by atoms with Crippen molar-refractivity contribution >= 4 is 23.5 Å². The number of nitrogens with zero attached hydrogens (tertiary/aromatic N) is 6. The Morgan fingerprint density at radius 3 is 2.26 bits per heavy atom. The molecule has 4 rings (SSSR count). The normalized spacial score (nSPS) is 15.6. The highest BCUT2D eigenvalue weighted by Crippen LogP contribution is 2.30. The Morgan fingerprint density at radius 2 is 1.65 bits per heavy atom. The van der Waals surface area contributed by atoms with Gasteiger partial charge in [-0.3, -0.25) is 20.1 Å². The Hall–Kier alpha value is -2.98. The van der Waals surface area contributed by atoms with Crippen molar-refractivity contribution in [2.45, 2.75) is 12.6 Å². The van der Waals surface area contributed by atoms with Crippen molar-refractivity contribution in [3.63, 3.8) is 0 Å². The predicted molar refractivity (Wildman–Crippen MR) is 114 cm³/mol. The van der Waals surface area contributed by atoms with Gasteiger partial charge in [-0.05, 0) is 23.3 Å². The summed E-state index contributed by atoms with van der Waals surface area (Å²) in [7, 11) is 0. The molecule has 1 aromatic heterocycles. The minimum Gasteiger partial charge on any atom is -0.339 e. The lowest BCUT2D eigenvalue weighted by Gasteiger charge is -2.39. The molecule has 1 aliphatic rings. The Balaban J connectivity index is 1.43. The monoisotopic (exact) mass is 442 g/mol. The van der Waals surface area contributed by atoms with E-state index in [2.05, 4.69) is 27.1 Å². The number of carbonyl (C=O) groups excluding carboxylic acids is 1. The molecule has 1 unspecified atom stereocenters. The van der Waals surface area contributed by atoms with E-state index in [4.69, 9.17) is 22.0 Å². The van der Waals surface area contributed by atoms with Gasteiger partial charge in [0.15, 0.2) is 0 Å². The smallest absolute Gasteiger partial charge is 0.295 e. The van der Waals surface area contributed by atoms with Crippen LogP contribution in [0.25, 0.3) is 0 Å². The van der Waals surface area contributed by atoms with E-state index in [1.54, 1.807) is 4.90 Å². The van der Waals surface area contributed by atoms with Crippen molar-refractivity contribution in [2.24, 2.45) is 0 Å².